The van der Waals surface area contributed by atoms with Crippen LogP contribution in [0.2, 0.25) is 0 Å². The number of likely N-dealkylation sites (tertiary alicyclic amines) is 1. The fourth-order valence-electron chi connectivity index (χ4n) is 2.76. The summed E-state index contributed by atoms with van der Waals surface area (Å²) in [7, 11) is 0. The van der Waals surface area contributed by atoms with E-state index < -0.39 is 0 Å². The number of benzene rings is 1. The first kappa shape index (κ1) is 16.8. The Hall–Kier alpha value is -1.59. The minimum Gasteiger partial charge on any atom is -0.484 e. The Balaban J connectivity index is 1.61. The van der Waals surface area contributed by atoms with Crippen LogP contribution in [0.5, 0.6) is 5.75 Å². The van der Waals surface area contributed by atoms with E-state index in [0.717, 1.165) is 43.8 Å². The number of rotatable bonds is 7. The predicted molar refractivity (Wildman–Crippen MR) is 85.9 cm³/mol. The summed E-state index contributed by atoms with van der Waals surface area (Å²) in [6.45, 7) is 5.71. The zero-order valence-electron chi connectivity index (χ0n) is 13.3. The summed E-state index contributed by atoms with van der Waals surface area (Å²) in [5.41, 5.74) is 1.11. The summed E-state index contributed by atoms with van der Waals surface area (Å²) in [6, 6.07) is 7.67. The van der Waals surface area contributed by atoms with E-state index in [9.17, 15) is 9.90 Å². The molecule has 2 rings (SSSR count). The zero-order chi connectivity index (χ0) is 15.8. The molecule has 0 aromatic heterocycles. The molecule has 1 aromatic carbocycles. The molecule has 1 aliphatic rings. The minimum absolute atomic E-state index is 0.0444. The first-order valence-corrected chi connectivity index (χ1v) is 7.97. The van der Waals surface area contributed by atoms with Crippen molar-refractivity contribution >= 4 is 5.91 Å². The predicted octanol–water partition coefficient (Wildman–Crippen LogP) is 1.19. The van der Waals surface area contributed by atoms with Gasteiger partial charge < -0.3 is 20.1 Å². The highest BCUT2D eigenvalue weighted by molar-refractivity contribution is 5.77. The third kappa shape index (κ3) is 5.66. The maximum atomic E-state index is 11.8. The highest BCUT2D eigenvalue weighted by atomic mass is 16.5. The Morgan fingerprint density at radius 3 is 3.14 bits per heavy atom. The molecular formula is C17H26N2O3. The Labute approximate surface area is 132 Å². The fraction of sp³-hybridized carbons (Fsp3) is 0.588. The molecule has 0 saturated carbocycles. The molecular weight excluding hydrogens is 280 g/mol. The molecule has 22 heavy (non-hydrogen) atoms. The number of ether oxygens (including phenoxy) is 1. The van der Waals surface area contributed by atoms with Gasteiger partial charge in [-0.3, -0.25) is 4.79 Å². The van der Waals surface area contributed by atoms with Crippen molar-refractivity contribution in [2.45, 2.75) is 19.8 Å². The van der Waals surface area contributed by atoms with Crippen molar-refractivity contribution in [2.75, 3.05) is 39.4 Å². The normalized spacial score (nSPS) is 18.9. The molecule has 1 heterocycles. The van der Waals surface area contributed by atoms with Gasteiger partial charge in [-0.25, -0.2) is 0 Å². The van der Waals surface area contributed by atoms with Crippen LogP contribution in [0, 0.1) is 12.8 Å². The van der Waals surface area contributed by atoms with Crippen molar-refractivity contribution < 1.29 is 14.6 Å². The van der Waals surface area contributed by atoms with Gasteiger partial charge in [0, 0.05) is 26.2 Å². The molecule has 1 atom stereocenters. The van der Waals surface area contributed by atoms with Gasteiger partial charge in [-0.1, -0.05) is 12.1 Å². The molecule has 5 nitrogen and oxygen atoms in total. The first-order chi connectivity index (χ1) is 10.7. The molecule has 1 aliphatic heterocycles. The number of carbonyl (C=O) groups is 1. The van der Waals surface area contributed by atoms with Gasteiger partial charge in [-0.15, -0.1) is 0 Å². The largest absolute Gasteiger partial charge is 0.484 e. The standard InChI is InChI=1S/C17H26N2O3/c1-14-4-2-6-16(10-14)22-13-17(21)18-7-9-19-8-3-5-15(11-19)12-20/h2,4,6,10,15,20H,3,5,7-9,11-13H2,1H3,(H,18,21)/t15-/m1/s1. The van der Waals surface area contributed by atoms with E-state index in [1.54, 1.807) is 0 Å². The van der Waals surface area contributed by atoms with Crippen molar-refractivity contribution in [3.8, 4) is 5.75 Å². The summed E-state index contributed by atoms with van der Waals surface area (Å²) < 4.78 is 5.47. The number of nitrogens with zero attached hydrogens (tertiary/aromatic N) is 1. The summed E-state index contributed by atoms with van der Waals surface area (Å²) in [5.74, 6) is 1.00. The molecule has 1 fully saturated rings. The second-order valence-electron chi connectivity index (χ2n) is 5.95. The van der Waals surface area contributed by atoms with Gasteiger partial charge in [0.15, 0.2) is 6.61 Å². The van der Waals surface area contributed by atoms with E-state index in [0.29, 0.717) is 12.5 Å². The Bertz CT molecular complexity index is 479. The molecule has 1 amide bonds. The van der Waals surface area contributed by atoms with Crippen LogP contribution < -0.4 is 10.1 Å². The van der Waals surface area contributed by atoms with Gasteiger partial charge in [0.05, 0.1) is 0 Å². The first-order valence-electron chi connectivity index (χ1n) is 7.97. The number of amides is 1. The Morgan fingerprint density at radius 1 is 1.50 bits per heavy atom. The van der Waals surface area contributed by atoms with E-state index >= 15 is 0 Å². The number of carbonyl (C=O) groups excluding carboxylic acids is 1. The fourth-order valence-corrected chi connectivity index (χ4v) is 2.76. The quantitative estimate of drug-likeness (QED) is 0.794. The van der Waals surface area contributed by atoms with Crippen molar-refractivity contribution in [1.82, 2.24) is 10.2 Å². The summed E-state index contributed by atoms with van der Waals surface area (Å²) >= 11 is 0. The maximum absolute atomic E-state index is 11.8. The summed E-state index contributed by atoms with van der Waals surface area (Å²) in [6.07, 6.45) is 2.22. The van der Waals surface area contributed by atoms with E-state index in [2.05, 4.69) is 10.2 Å². The van der Waals surface area contributed by atoms with Gasteiger partial charge in [0.25, 0.3) is 5.91 Å². The SMILES string of the molecule is Cc1cccc(OCC(=O)NCCN2CCC[C@@H](CO)C2)c1. The third-order valence-electron chi connectivity index (χ3n) is 3.97. The number of aliphatic hydroxyl groups excluding tert-OH is 1. The Kier molecular flexibility index (Phi) is 6.68. The van der Waals surface area contributed by atoms with Crippen LogP contribution in [0.4, 0.5) is 0 Å². The highest BCUT2D eigenvalue weighted by Gasteiger charge is 2.18. The Morgan fingerprint density at radius 2 is 2.36 bits per heavy atom. The van der Waals surface area contributed by atoms with Gasteiger partial charge in [0.2, 0.25) is 0 Å². The van der Waals surface area contributed by atoms with Crippen molar-refractivity contribution in [1.29, 1.82) is 0 Å². The molecule has 0 aliphatic carbocycles. The zero-order valence-corrected chi connectivity index (χ0v) is 13.3. The van der Waals surface area contributed by atoms with Crippen molar-refractivity contribution in [2.24, 2.45) is 5.92 Å². The molecule has 5 heteroatoms. The lowest BCUT2D eigenvalue weighted by Gasteiger charge is -2.31. The highest BCUT2D eigenvalue weighted by Crippen LogP contribution is 2.15. The van der Waals surface area contributed by atoms with Crippen LogP contribution in [0.1, 0.15) is 18.4 Å². The number of piperidine rings is 1. The average molecular weight is 306 g/mol. The number of hydrogen-bond donors (Lipinski definition) is 2. The van der Waals surface area contributed by atoms with Crippen LogP contribution in [0.25, 0.3) is 0 Å². The van der Waals surface area contributed by atoms with Gasteiger partial charge in [-0.2, -0.15) is 0 Å². The van der Waals surface area contributed by atoms with Gasteiger partial charge in [0.1, 0.15) is 5.75 Å². The van der Waals surface area contributed by atoms with Crippen molar-refractivity contribution in [3.63, 3.8) is 0 Å². The molecule has 1 aromatic rings. The lowest BCUT2D eigenvalue weighted by molar-refractivity contribution is -0.123. The molecule has 0 unspecified atom stereocenters. The lowest BCUT2D eigenvalue weighted by Crippen LogP contribution is -2.42. The molecule has 0 radical (unpaired) electrons. The second-order valence-corrected chi connectivity index (χ2v) is 5.95. The summed E-state index contributed by atoms with van der Waals surface area (Å²) in [4.78, 5) is 14.1. The van der Waals surface area contributed by atoms with Crippen LogP contribution in [-0.4, -0.2) is 55.3 Å². The van der Waals surface area contributed by atoms with Gasteiger partial charge >= 0.3 is 0 Å². The number of aryl methyl sites for hydroxylation is 1. The van der Waals surface area contributed by atoms with E-state index in [1.807, 2.05) is 31.2 Å². The van der Waals surface area contributed by atoms with E-state index in [1.165, 1.54) is 0 Å². The maximum Gasteiger partial charge on any atom is 0.257 e. The van der Waals surface area contributed by atoms with Crippen LogP contribution in [0.15, 0.2) is 24.3 Å². The minimum atomic E-state index is -0.0998. The molecule has 122 valence electrons. The monoisotopic (exact) mass is 306 g/mol. The number of nitrogens with one attached hydrogen (secondary N) is 1. The molecule has 1 saturated heterocycles. The number of aliphatic hydroxyl groups is 1. The molecule has 2 N–H and O–H groups in total. The van der Waals surface area contributed by atoms with Crippen LogP contribution in [0.3, 0.4) is 0 Å². The average Bonchev–Trinajstić information content (AvgIpc) is 2.53. The van der Waals surface area contributed by atoms with E-state index in [-0.39, 0.29) is 19.1 Å². The van der Waals surface area contributed by atoms with E-state index in [4.69, 9.17) is 4.74 Å². The molecule has 0 bridgehead atoms. The smallest absolute Gasteiger partial charge is 0.257 e. The second kappa shape index (κ2) is 8.76. The molecule has 0 spiro atoms. The number of hydrogen-bond acceptors (Lipinski definition) is 4. The summed E-state index contributed by atoms with van der Waals surface area (Å²) in [5, 5.41) is 12.1. The topological polar surface area (TPSA) is 61.8 Å². The lowest BCUT2D eigenvalue weighted by atomic mass is 9.99. The van der Waals surface area contributed by atoms with Crippen molar-refractivity contribution in [3.05, 3.63) is 29.8 Å². The van der Waals surface area contributed by atoms with Crippen LogP contribution >= 0.6 is 0 Å². The van der Waals surface area contributed by atoms with Gasteiger partial charge in [-0.05, 0) is 49.9 Å². The van der Waals surface area contributed by atoms with Crippen LogP contribution in [-0.2, 0) is 4.79 Å². The third-order valence-corrected chi connectivity index (χ3v) is 3.97.